The van der Waals surface area contributed by atoms with Gasteiger partial charge in [-0.15, -0.1) is 0 Å². The summed E-state index contributed by atoms with van der Waals surface area (Å²) in [5, 5.41) is 3.74. The van der Waals surface area contributed by atoms with Gasteiger partial charge >= 0.3 is 0 Å². The smallest absolute Gasteiger partial charge is 0.0178 e. The van der Waals surface area contributed by atoms with Crippen molar-refractivity contribution in [3.63, 3.8) is 0 Å². The molecule has 2 heteroatoms. The standard InChI is InChI=1S/C16H24BrN/c1-3-9-18-16(12(2)14-7-8-14)11-13-5-4-6-15(17)10-13/h4-6,10,12,14,16,18H,3,7-9,11H2,1-2H3. The molecule has 1 saturated carbocycles. The fourth-order valence-corrected chi connectivity index (χ4v) is 3.09. The summed E-state index contributed by atoms with van der Waals surface area (Å²) >= 11 is 3.56. The third-order valence-corrected chi connectivity index (χ3v) is 4.49. The van der Waals surface area contributed by atoms with Gasteiger partial charge in [-0.25, -0.2) is 0 Å². The van der Waals surface area contributed by atoms with Crippen molar-refractivity contribution >= 4 is 15.9 Å². The maximum Gasteiger partial charge on any atom is 0.0178 e. The van der Waals surface area contributed by atoms with Crippen LogP contribution in [0.5, 0.6) is 0 Å². The molecule has 1 nitrogen and oxygen atoms in total. The largest absolute Gasteiger partial charge is 0.313 e. The third kappa shape index (κ3) is 4.10. The predicted octanol–water partition coefficient (Wildman–Crippen LogP) is 4.41. The maximum absolute atomic E-state index is 3.74. The average Bonchev–Trinajstić information content (AvgIpc) is 3.18. The molecule has 1 fully saturated rings. The van der Waals surface area contributed by atoms with Crippen LogP contribution in [0.25, 0.3) is 0 Å². The van der Waals surface area contributed by atoms with Crippen LogP contribution < -0.4 is 5.32 Å². The topological polar surface area (TPSA) is 12.0 Å². The van der Waals surface area contributed by atoms with Crippen LogP contribution in [0.2, 0.25) is 0 Å². The molecule has 100 valence electrons. The third-order valence-electron chi connectivity index (χ3n) is 4.00. The van der Waals surface area contributed by atoms with E-state index in [0.29, 0.717) is 6.04 Å². The Kier molecular flexibility index (Phi) is 5.25. The van der Waals surface area contributed by atoms with Gasteiger partial charge in [0.2, 0.25) is 0 Å². The number of halogens is 1. The van der Waals surface area contributed by atoms with Gasteiger partial charge in [0.25, 0.3) is 0 Å². The van der Waals surface area contributed by atoms with E-state index in [9.17, 15) is 0 Å². The van der Waals surface area contributed by atoms with Crippen LogP contribution in [-0.2, 0) is 6.42 Å². The second-order valence-electron chi connectivity index (χ2n) is 5.59. The zero-order valence-electron chi connectivity index (χ0n) is 11.5. The van der Waals surface area contributed by atoms with E-state index in [1.807, 2.05) is 0 Å². The van der Waals surface area contributed by atoms with E-state index in [4.69, 9.17) is 0 Å². The van der Waals surface area contributed by atoms with Gasteiger partial charge in [-0.05, 0) is 61.8 Å². The summed E-state index contributed by atoms with van der Waals surface area (Å²) in [7, 11) is 0. The Morgan fingerprint density at radius 1 is 1.39 bits per heavy atom. The van der Waals surface area contributed by atoms with Gasteiger partial charge in [0.15, 0.2) is 0 Å². The first-order valence-electron chi connectivity index (χ1n) is 7.18. The molecule has 18 heavy (non-hydrogen) atoms. The molecule has 1 aromatic carbocycles. The summed E-state index contributed by atoms with van der Waals surface area (Å²) in [6.45, 7) is 5.80. The van der Waals surface area contributed by atoms with E-state index < -0.39 is 0 Å². The van der Waals surface area contributed by atoms with E-state index in [0.717, 1.165) is 24.8 Å². The minimum absolute atomic E-state index is 0.631. The van der Waals surface area contributed by atoms with Crippen molar-refractivity contribution in [2.45, 2.75) is 45.6 Å². The Balaban J connectivity index is 1.99. The lowest BCUT2D eigenvalue weighted by molar-refractivity contribution is 0.339. The predicted molar refractivity (Wildman–Crippen MR) is 81.8 cm³/mol. The summed E-state index contributed by atoms with van der Waals surface area (Å²) in [6, 6.07) is 9.36. The lowest BCUT2D eigenvalue weighted by Crippen LogP contribution is -2.38. The van der Waals surface area contributed by atoms with Crippen LogP contribution >= 0.6 is 15.9 Å². The first-order valence-corrected chi connectivity index (χ1v) is 7.97. The Morgan fingerprint density at radius 2 is 2.17 bits per heavy atom. The molecule has 2 unspecified atom stereocenters. The van der Waals surface area contributed by atoms with Gasteiger partial charge in [-0.3, -0.25) is 0 Å². The number of hydrogen-bond donors (Lipinski definition) is 1. The molecular formula is C16H24BrN. The Hall–Kier alpha value is -0.340. The second-order valence-corrected chi connectivity index (χ2v) is 6.51. The molecule has 0 bridgehead atoms. The summed E-state index contributed by atoms with van der Waals surface area (Å²) in [6.07, 6.45) is 5.23. The number of rotatable bonds is 7. The highest BCUT2D eigenvalue weighted by molar-refractivity contribution is 9.10. The molecule has 0 saturated heterocycles. The maximum atomic E-state index is 3.74. The van der Waals surface area contributed by atoms with Crippen molar-refractivity contribution < 1.29 is 0 Å². The molecule has 1 N–H and O–H groups in total. The van der Waals surface area contributed by atoms with E-state index >= 15 is 0 Å². The SMILES string of the molecule is CCCNC(Cc1cccc(Br)c1)C(C)C1CC1. The normalized spacial score (nSPS) is 18.6. The molecule has 1 aromatic rings. The fraction of sp³-hybridized carbons (Fsp3) is 0.625. The molecule has 2 rings (SSSR count). The highest BCUT2D eigenvalue weighted by Crippen LogP contribution is 2.38. The Morgan fingerprint density at radius 3 is 2.78 bits per heavy atom. The number of nitrogens with one attached hydrogen (secondary N) is 1. The minimum atomic E-state index is 0.631. The van der Waals surface area contributed by atoms with E-state index in [-0.39, 0.29) is 0 Å². The second kappa shape index (κ2) is 6.72. The molecule has 0 amide bonds. The molecule has 1 aliphatic rings. The number of hydrogen-bond acceptors (Lipinski definition) is 1. The quantitative estimate of drug-likeness (QED) is 0.787. The van der Waals surface area contributed by atoms with E-state index in [1.54, 1.807) is 0 Å². The van der Waals surface area contributed by atoms with Crippen molar-refractivity contribution in [2.24, 2.45) is 11.8 Å². The zero-order chi connectivity index (χ0) is 13.0. The first kappa shape index (κ1) is 14.1. The molecule has 0 heterocycles. The molecule has 1 aliphatic carbocycles. The van der Waals surface area contributed by atoms with E-state index in [2.05, 4.69) is 59.4 Å². The molecule has 0 radical (unpaired) electrons. The fourth-order valence-electron chi connectivity index (χ4n) is 2.64. The molecular weight excluding hydrogens is 286 g/mol. The summed E-state index contributed by atoms with van der Waals surface area (Å²) in [5.74, 6) is 1.77. The number of benzene rings is 1. The Labute approximate surface area is 119 Å². The van der Waals surface area contributed by atoms with E-state index in [1.165, 1.54) is 29.3 Å². The summed E-state index contributed by atoms with van der Waals surface area (Å²) in [5.41, 5.74) is 1.44. The van der Waals surface area contributed by atoms with Crippen molar-refractivity contribution in [1.29, 1.82) is 0 Å². The molecule has 0 aromatic heterocycles. The zero-order valence-corrected chi connectivity index (χ0v) is 13.0. The minimum Gasteiger partial charge on any atom is -0.313 e. The van der Waals surface area contributed by atoms with Crippen molar-refractivity contribution in [2.75, 3.05) is 6.54 Å². The first-order chi connectivity index (χ1) is 8.70. The highest BCUT2D eigenvalue weighted by atomic mass is 79.9. The average molecular weight is 310 g/mol. The summed E-state index contributed by atoms with van der Waals surface area (Å²) < 4.78 is 1.19. The molecule has 2 atom stereocenters. The lowest BCUT2D eigenvalue weighted by atomic mass is 9.91. The van der Waals surface area contributed by atoms with Crippen molar-refractivity contribution in [3.8, 4) is 0 Å². The van der Waals surface area contributed by atoms with Gasteiger partial charge in [0.05, 0.1) is 0 Å². The molecule has 0 aliphatic heterocycles. The van der Waals surface area contributed by atoms with Gasteiger partial charge in [-0.2, -0.15) is 0 Å². The lowest BCUT2D eigenvalue weighted by Gasteiger charge is -2.25. The van der Waals surface area contributed by atoms with Crippen molar-refractivity contribution in [1.82, 2.24) is 5.32 Å². The van der Waals surface area contributed by atoms with Gasteiger partial charge in [0, 0.05) is 10.5 Å². The van der Waals surface area contributed by atoms with Crippen LogP contribution in [0.1, 0.15) is 38.7 Å². The highest BCUT2D eigenvalue weighted by Gasteiger charge is 2.32. The van der Waals surface area contributed by atoms with Gasteiger partial charge < -0.3 is 5.32 Å². The monoisotopic (exact) mass is 309 g/mol. The Bertz CT molecular complexity index is 373. The van der Waals surface area contributed by atoms with Crippen LogP contribution in [0.3, 0.4) is 0 Å². The van der Waals surface area contributed by atoms with Gasteiger partial charge in [0.1, 0.15) is 0 Å². The van der Waals surface area contributed by atoms with Crippen LogP contribution in [-0.4, -0.2) is 12.6 Å². The van der Waals surface area contributed by atoms with Crippen LogP contribution in [0.15, 0.2) is 28.7 Å². The summed E-state index contributed by atoms with van der Waals surface area (Å²) in [4.78, 5) is 0. The van der Waals surface area contributed by atoms with Gasteiger partial charge in [-0.1, -0.05) is 41.9 Å². The van der Waals surface area contributed by atoms with Crippen molar-refractivity contribution in [3.05, 3.63) is 34.3 Å². The van der Waals surface area contributed by atoms with Crippen LogP contribution in [0, 0.1) is 11.8 Å². The van der Waals surface area contributed by atoms with Crippen LogP contribution in [0.4, 0.5) is 0 Å². The molecule has 0 spiro atoms.